The molecule has 5 heteroatoms. The molecule has 0 atom stereocenters. The molecule has 3 N–H and O–H groups in total. The van der Waals surface area contributed by atoms with Crippen LogP contribution in [0.4, 0.5) is 0 Å². The second-order valence-corrected chi connectivity index (χ2v) is 3.05. The number of nitrogens with two attached hydrogens (primary N) is 1. The van der Waals surface area contributed by atoms with E-state index < -0.39 is 0 Å². The van der Waals surface area contributed by atoms with Crippen LogP contribution < -0.4 is 16.8 Å². The van der Waals surface area contributed by atoms with Crippen molar-refractivity contribution in [2.45, 2.75) is 19.8 Å². The van der Waals surface area contributed by atoms with Gasteiger partial charge in [0, 0.05) is 18.8 Å². The van der Waals surface area contributed by atoms with Gasteiger partial charge >= 0.3 is 0 Å². The van der Waals surface area contributed by atoms with E-state index in [1.54, 1.807) is 24.2 Å². The van der Waals surface area contributed by atoms with Crippen molar-refractivity contribution < 1.29 is 0 Å². The third-order valence-electron chi connectivity index (χ3n) is 1.87. The summed E-state index contributed by atoms with van der Waals surface area (Å²) in [6, 6.07) is 0. The molecule has 0 bridgehead atoms. The standard InChI is InChI=1S/C8H15N5/c1-6(2)7-4-11-5-13(10-3)8(7)12-9/h4-6,10H,9H2,1-3H3/b12-8-. The fraction of sp³-hybridized carbons (Fsp3) is 0.500. The topological polar surface area (TPSA) is 68.2 Å². The Bertz CT molecular complexity index is 339. The Labute approximate surface area is 77.3 Å². The van der Waals surface area contributed by atoms with E-state index >= 15 is 0 Å². The first-order valence-corrected chi connectivity index (χ1v) is 4.19. The normalized spacial score (nSPS) is 12.2. The van der Waals surface area contributed by atoms with Crippen LogP contribution in [0.25, 0.3) is 0 Å². The zero-order valence-electron chi connectivity index (χ0n) is 8.15. The summed E-state index contributed by atoms with van der Waals surface area (Å²) < 4.78 is 1.69. The van der Waals surface area contributed by atoms with Gasteiger partial charge in [0.15, 0.2) is 5.49 Å². The lowest BCUT2D eigenvalue weighted by Gasteiger charge is -2.10. The zero-order chi connectivity index (χ0) is 9.84. The van der Waals surface area contributed by atoms with E-state index in [1.807, 2.05) is 0 Å². The highest BCUT2D eigenvalue weighted by atomic mass is 15.4. The van der Waals surface area contributed by atoms with Gasteiger partial charge in [0.25, 0.3) is 0 Å². The fourth-order valence-corrected chi connectivity index (χ4v) is 1.14. The van der Waals surface area contributed by atoms with E-state index in [4.69, 9.17) is 5.84 Å². The smallest absolute Gasteiger partial charge is 0.176 e. The van der Waals surface area contributed by atoms with Gasteiger partial charge in [0.2, 0.25) is 0 Å². The minimum Gasteiger partial charge on any atom is -0.326 e. The van der Waals surface area contributed by atoms with Crippen LogP contribution in [0.15, 0.2) is 17.6 Å². The first-order chi connectivity index (χ1) is 6.20. The predicted octanol–water partition coefficient (Wildman–Crippen LogP) is -0.0458. The lowest BCUT2D eigenvalue weighted by molar-refractivity contribution is 0.733. The number of nitrogens with zero attached hydrogens (tertiary/aromatic N) is 3. The minimum absolute atomic E-state index is 0.357. The van der Waals surface area contributed by atoms with Gasteiger partial charge in [0.1, 0.15) is 6.33 Å². The molecule has 1 rings (SSSR count). The van der Waals surface area contributed by atoms with E-state index in [-0.39, 0.29) is 0 Å². The second kappa shape index (κ2) is 3.93. The molecule has 0 spiro atoms. The molecular formula is C8H15N5. The summed E-state index contributed by atoms with van der Waals surface area (Å²) in [7, 11) is 1.79. The monoisotopic (exact) mass is 181 g/mol. The van der Waals surface area contributed by atoms with Crippen molar-refractivity contribution >= 4 is 0 Å². The number of aromatic nitrogens is 2. The maximum atomic E-state index is 5.30. The Morgan fingerprint density at radius 3 is 2.77 bits per heavy atom. The third kappa shape index (κ3) is 1.80. The average Bonchev–Trinajstić information content (AvgIpc) is 2.16. The summed E-state index contributed by atoms with van der Waals surface area (Å²) in [6.45, 7) is 4.15. The van der Waals surface area contributed by atoms with Gasteiger partial charge in [-0.25, -0.2) is 9.66 Å². The van der Waals surface area contributed by atoms with Crippen LogP contribution in [-0.4, -0.2) is 16.7 Å². The molecule has 5 nitrogen and oxygen atoms in total. The van der Waals surface area contributed by atoms with Crippen LogP contribution in [0.1, 0.15) is 25.3 Å². The molecule has 1 heterocycles. The van der Waals surface area contributed by atoms with Crippen LogP contribution in [0.5, 0.6) is 0 Å². The van der Waals surface area contributed by atoms with E-state index in [2.05, 4.69) is 29.4 Å². The molecule has 0 radical (unpaired) electrons. The van der Waals surface area contributed by atoms with Crippen LogP contribution in [0.2, 0.25) is 0 Å². The Kier molecular flexibility index (Phi) is 2.89. The molecule has 0 saturated heterocycles. The molecule has 0 aliphatic rings. The summed E-state index contributed by atoms with van der Waals surface area (Å²) in [5.74, 6) is 5.66. The molecule has 0 aromatic carbocycles. The Morgan fingerprint density at radius 2 is 2.31 bits per heavy atom. The summed E-state index contributed by atoms with van der Waals surface area (Å²) >= 11 is 0. The molecule has 0 saturated carbocycles. The van der Waals surface area contributed by atoms with Gasteiger partial charge in [-0.15, -0.1) is 0 Å². The van der Waals surface area contributed by atoms with Gasteiger partial charge in [-0.3, -0.25) is 0 Å². The highest BCUT2D eigenvalue weighted by Gasteiger charge is 2.04. The van der Waals surface area contributed by atoms with Gasteiger partial charge in [-0.1, -0.05) is 13.8 Å². The molecule has 0 aliphatic carbocycles. The van der Waals surface area contributed by atoms with Crippen molar-refractivity contribution in [3.05, 3.63) is 23.6 Å². The number of hydrogen-bond acceptors (Lipinski definition) is 4. The highest BCUT2D eigenvalue weighted by molar-refractivity contribution is 5.08. The Balaban J connectivity index is 3.37. The molecule has 0 amide bonds. The van der Waals surface area contributed by atoms with Crippen molar-refractivity contribution in [1.82, 2.24) is 9.66 Å². The molecule has 1 aromatic heterocycles. The lowest BCUT2D eigenvalue weighted by atomic mass is 10.1. The fourth-order valence-electron chi connectivity index (χ4n) is 1.14. The largest absolute Gasteiger partial charge is 0.326 e. The van der Waals surface area contributed by atoms with Crippen molar-refractivity contribution in [2.75, 3.05) is 12.5 Å². The quantitative estimate of drug-likeness (QED) is 0.496. The van der Waals surface area contributed by atoms with Crippen molar-refractivity contribution in [3.63, 3.8) is 0 Å². The summed E-state index contributed by atoms with van der Waals surface area (Å²) in [4.78, 5) is 4.07. The van der Waals surface area contributed by atoms with Gasteiger partial charge in [-0.2, -0.15) is 5.10 Å². The maximum Gasteiger partial charge on any atom is 0.176 e. The molecule has 0 fully saturated rings. The van der Waals surface area contributed by atoms with Gasteiger partial charge < -0.3 is 11.3 Å². The van der Waals surface area contributed by atoms with E-state index in [0.29, 0.717) is 11.4 Å². The third-order valence-corrected chi connectivity index (χ3v) is 1.87. The molecule has 1 aromatic rings. The number of nitrogens with one attached hydrogen (secondary N) is 1. The Hall–Kier alpha value is -1.52. The van der Waals surface area contributed by atoms with Crippen LogP contribution in [0.3, 0.4) is 0 Å². The molecular weight excluding hydrogens is 166 g/mol. The first kappa shape index (κ1) is 9.57. The lowest BCUT2D eigenvalue weighted by Crippen LogP contribution is -2.32. The van der Waals surface area contributed by atoms with Gasteiger partial charge in [-0.05, 0) is 5.92 Å². The molecule has 13 heavy (non-hydrogen) atoms. The van der Waals surface area contributed by atoms with Crippen LogP contribution >= 0.6 is 0 Å². The van der Waals surface area contributed by atoms with Crippen molar-refractivity contribution in [2.24, 2.45) is 10.9 Å². The summed E-state index contributed by atoms with van der Waals surface area (Å²) in [6.07, 6.45) is 3.42. The average molecular weight is 181 g/mol. The number of rotatable bonds is 2. The maximum absolute atomic E-state index is 5.30. The minimum atomic E-state index is 0.357. The molecule has 0 unspecified atom stereocenters. The van der Waals surface area contributed by atoms with Crippen molar-refractivity contribution in [3.8, 4) is 0 Å². The summed E-state index contributed by atoms with van der Waals surface area (Å²) in [5.41, 5.74) is 4.66. The van der Waals surface area contributed by atoms with E-state index in [0.717, 1.165) is 5.56 Å². The van der Waals surface area contributed by atoms with Crippen LogP contribution in [-0.2, 0) is 0 Å². The summed E-state index contributed by atoms with van der Waals surface area (Å²) in [5, 5.41) is 3.72. The van der Waals surface area contributed by atoms with E-state index in [1.165, 1.54) is 0 Å². The Morgan fingerprint density at radius 1 is 1.62 bits per heavy atom. The zero-order valence-corrected chi connectivity index (χ0v) is 8.15. The van der Waals surface area contributed by atoms with Gasteiger partial charge in [0.05, 0.1) is 0 Å². The SMILES string of the molecule is CNn1cncc(C(C)C)/c1=N/N. The molecule has 0 aliphatic heterocycles. The number of hydrogen-bond donors (Lipinski definition) is 2. The second-order valence-electron chi connectivity index (χ2n) is 3.05. The van der Waals surface area contributed by atoms with E-state index in [9.17, 15) is 0 Å². The van der Waals surface area contributed by atoms with Crippen molar-refractivity contribution in [1.29, 1.82) is 0 Å². The van der Waals surface area contributed by atoms with Crippen LogP contribution in [0, 0.1) is 0 Å². The first-order valence-electron chi connectivity index (χ1n) is 4.19. The highest BCUT2D eigenvalue weighted by Crippen LogP contribution is 2.06. The predicted molar refractivity (Wildman–Crippen MR) is 51.4 cm³/mol. The molecule has 72 valence electrons.